The second-order valence-electron chi connectivity index (χ2n) is 3.32. The lowest BCUT2D eigenvalue weighted by atomic mass is 10.0. The summed E-state index contributed by atoms with van der Waals surface area (Å²) in [6, 6.07) is 0.148. The van der Waals surface area contributed by atoms with Crippen molar-refractivity contribution in [1.29, 1.82) is 0 Å². The Kier molecular flexibility index (Phi) is 3.57. The van der Waals surface area contributed by atoms with E-state index in [1.807, 2.05) is 0 Å². The highest BCUT2D eigenvalue weighted by molar-refractivity contribution is 5.81. The van der Waals surface area contributed by atoms with Crippen molar-refractivity contribution in [3.05, 3.63) is 0 Å². The van der Waals surface area contributed by atoms with Crippen molar-refractivity contribution in [3.63, 3.8) is 0 Å². The summed E-state index contributed by atoms with van der Waals surface area (Å²) in [6.07, 6.45) is 6.08. The van der Waals surface area contributed by atoms with Crippen LogP contribution in [0, 0.1) is 0 Å². The van der Waals surface area contributed by atoms with Gasteiger partial charge in [-0.25, -0.2) is 0 Å². The fourth-order valence-corrected chi connectivity index (χ4v) is 1.55. The number of hydrogen-bond donors (Lipinski definition) is 1. The molecule has 1 heterocycles. The van der Waals surface area contributed by atoms with E-state index < -0.39 is 0 Å². The zero-order chi connectivity index (χ0) is 8.10. The molecule has 0 radical (unpaired) electrons. The van der Waals surface area contributed by atoms with Crippen LogP contribution in [0.3, 0.4) is 0 Å². The molecular formula is C9H17NO. The van der Waals surface area contributed by atoms with Crippen LogP contribution in [0.1, 0.15) is 39.0 Å². The Morgan fingerprint density at radius 1 is 1.27 bits per heavy atom. The van der Waals surface area contributed by atoms with Crippen molar-refractivity contribution in [3.8, 4) is 0 Å². The predicted octanol–water partition coefficient (Wildman–Crippen LogP) is 1.50. The molecule has 0 bridgehead atoms. The van der Waals surface area contributed by atoms with Gasteiger partial charge in [-0.2, -0.15) is 0 Å². The summed E-state index contributed by atoms with van der Waals surface area (Å²) in [5, 5.41) is 3.27. The first-order valence-corrected chi connectivity index (χ1v) is 4.54. The Morgan fingerprint density at radius 3 is 2.73 bits per heavy atom. The number of hydrogen-bond acceptors (Lipinski definition) is 2. The third kappa shape index (κ3) is 3.02. The molecule has 1 aliphatic heterocycles. The number of nitrogens with one attached hydrogen (secondary N) is 1. The summed E-state index contributed by atoms with van der Waals surface area (Å²) in [4.78, 5) is 11.0. The van der Waals surface area contributed by atoms with Crippen molar-refractivity contribution in [2.75, 3.05) is 6.54 Å². The van der Waals surface area contributed by atoms with Crippen LogP contribution >= 0.6 is 0 Å². The minimum Gasteiger partial charge on any atom is -0.307 e. The molecule has 1 aliphatic rings. The molecule has 64 valence electrons. The lowest BCUT2D eigenvalue weighted by Crippen LogP contribution is -2.36. The van der Waals surface area contributed by atoms with E-state index in [1.165, 1.54) is 25.7 Å². The molecule has 0 saturated carbocycles. The molecule has 1 atom stereocenters. The van der Waals surface area contributed by atoms with Gasteiger partial charge >= 0.3 is 0 Å². The van der Waals surface area contributed by atoms with E-state index in [-0.39, 0.29) is 6.04 Å². The van der Waals surface area contributed by atoms with Crippen molar-refractivity contribution < 1.29 is 4.79 Å². The average molecular weight is 155 g/mol. The maximum Gasteiger partial charge on any atom is 0.146 e. The topological polar surface area (TPSA) is 29.1 Å². The molecule has 1 saturated heterocycles. The molecule has 2 nitrogen and oxygen atoms in total. The SMILES string of the molecule is CC(=O)C1CCCCCCN1. The van der Waals surface area contributed by atoms with Gasteiger partial charge in [-0.15, -0.1) is 0 Å². The van der Waals surface area contributed by atoms with E-state index in [0.29, 0.717) is 5.78 Å². The van der Waals surface area contributed by atoms with Gasteiger partial charge < -0.3 is 5.32 Å². The van der Waals surface area contributed by atoms with Gasteiger partial charge in [0.1, 0.15) is 5.78 Å². The smallest absolute Gasteiger partial charge is 0.146 e. The molecule has 2 heteroatoms. The zero-order valence-electron chi connectivity index (χ0n) is 7.23. The Morgan fingerprint density at radius 2 is 2.00 bits per heavy atom. The zero-order valence-corrected chi connectivity index (χ0v) is 7.23. The lowest BCUT2D eigenvalue weighted by molar-refractivity contribution is -0.119. The maximum atomic E-state index is 11.0. The molecule has 0 amide bonds. The van der Waals surface area contributed by atoms with Gasteiger partial charge in [0.15, 0.2) is 0 Å². The van der Waals surface area contributed by atoms with Crippen LogP contribution < -0.4 is 5.32 Å². The number of Topliss-reactive ketones (excluding diaryl/α,β-unsaturated/α-hetero) is 1. The maximum absolute atomic E-state index is 11.0. The van der Waals surface area contributed by atoms with Crippen molar-refractivity contribution in [1.82, 2.24) is 5.32 Å². The van der Waals surface area contributed by atoms with E-state index >= 15 is 0 Å². The molecule has 1 unspecified atom stereocenters. The van der Waals surface area contributed by atoms with E-state index in [4.69, 9.17) is 0 Å². The number of carbonyl (C=O) groups is 1. The molecular weight excluding hydrogens is 138 g/mol. The first-order chi connectivity index (χ1) is 5.30. The fourth-order valence-electron chi connectivity index (χ4n) is 1.55. The normalized spacial score (nSPS) is 27.2. The highest BCUT2D eigenvalue weighted by Gasteiger charge is 2.13. The second kappa shape index (κ2) is 4.50. The van der Waals surface area contributed by atoms with Gasteiger partial charge in [-0.1, -0.05) is 19.3 Å². The average Bonchev–Trinajstić information content (AvgIpc) is 1.84. The molecule has 0 aliphatic carbocycles. The van der Waals surface area contributed by atoms with Crippen LogP contribution in [0.5, 0.6) is 0 Å². The van der Waals surface area contributed by atoms with Crippen LogP contribution in [0.4, 0.5) is 0 Å². The van der Waals surface area contributed by atoms with Crippen molar-refractivity contribution >= 4 is 5.78 Å². The second-order valence-corrected chi connectivity index (χ2v) is 3.32. The van der Waals surface area contributed by atoms with Gasteiger partial charge in [0.25, 0.3) is 0 Å². The molecule has 1 rings (SSSR count). The monoisotopic (exact) mass is 155 g/mol. The Balaban J connectivity index is 2.32. The van der Waals surface area contributed by atoms with Crippen LogP contribution in [-0.4, -0.2) is 18.4 Å². The van der Waals surface area contributed by atoms with E-state index in [9.17, 15) is 4.79 Å². The molecule has 1 N–H and O–H groups in total. The molecule has 0 aromatic heterocycles. The summed E-state index contributed by atoms with van der Waals surface area (Å²) in [7, 11) is 0. The quantitative estimate of drug-likeness (QED) is 0.621. The summed E-state index contributed by atoms with van der Waals surface area (Å²) >= 11 is 0. The van der Waals surface area contributed by atoms with Crippen LogP contribution in [0.2, 0.25) is 0 Å². The van der Waals surface area contributed by atoms with Crippen LogP contribution in [-0.2, 0) is 4.79 Å². The summed E-state index contributed by atoms with van der Waals surface area (Å²) in [5.74, 6) is 0.298. The van der Waals surface area contributed by atoms with Gasteiger partial charge in [-0.3, -0.25) is 4.79 Å². The van der Waals surface area contributed by atoms with Gasteiger partial charge in [0.05, 0.1) is 6.04 Å². The van der Waals surface area contributed by atoms with Gasteiger partial charge in [-0.05, 0) is 26.3 Å². The molecule has 0 aromatic rings. The molecule has 11 heavy (non-hydrogen) atoms. The fraction of sp³-hybridized carbons (Fsp3) is 0.889. The van der Waals surface area contributed by atoms with E-state index in [0.717, 1.165) is 13.0 Å². The number of ketones is 1. The Hall–Kier alpha value is -0.370. The minimum absolute atomic E-state index is 0.148. The highest BCUT2D eigenvalue weighted by atomic mass is 16.1. The molecule has 0 aromatic carbocycles. The minimum atomic E-state index is 0.148. The Bertz CT molecular complexity index is 126. The third-order valence-electron chi connectivity index (χ3n) is 2.30. The predicted molar refractivity (Wildman–Crippen MR) is 45.6 cm³/mol. The first kappa shape index (κ1) is 8.72. The van der Waals surface area contributed by atoms with Crippen molar-refractivity contribution in [2.45, 2.75) is 45.1 Å². The van der Waals surface area contributed by atoms with Crippen LogP contribution in [0.25, 0.3) is 0 Å². The van der Waals surface area contributed by atoms with E-state index in [1.54, 1.807) is 6.92 Å². The standard InChI is InChI=1S/C9H17NO/c1-8(11)9-6-4-2-3-5-7-10-9/h9-10H,2-7H2,1H3. The first-order valence-electron chi connectivity index (χ1n) is 4.54. The summed E-state index contributed by atoms with van der Waals surface area (Å²) in [5.41, 5.74) is 0. The van der Waals surface area contributed by atoms with Gasteiger partial charge in [0.2, 0.25) is 0 Å². The lowest BCUT2D eigenvalue weighted by Gasteiger charge is -2.18. The van der Waals surface area contributed by atoms with E-state index in [2.05, 4.69) is 5.32 Å². The van der Waals surface area contributed by atoms with Gasteiger partial charge in [0, 0.05) is 0 Å². The highest BCUT2D eigenvalue weighted by Crippen LogP contribution is 2.09. The number of carbonyl (C=O) groups excluding carboxylic acids is 1. The van der Waals surface area contributed by atoms with Crippen molar-refractivity contribution in [2.24, 2.45) is 0 Å². The number of rotatable bonds is 1. The largest absolute Gasteiger partial charge is 0.307 e. The summed E-state index contributed by atoms with van der Waals surface area (Å²) < 4.78 is 0. The van der Waals surface area contributed by atoms with Crippen LogP contribution in [0.15, 0.2) is 0 Å². The third-order valence-corrected chi connectivity index (χ3v) is 2.30. The molecule has 0 spiro atoms. The summed E-state index contributed by atoms with van der Waals surface area (Å²) in [6.45, 7) is 2.70. The molecule has 1 fully saturated rings. The Labute approximate surface area is 68.4 Å².